The lowest BCUT2D eigenvalue weighted by atomic mass is 9.94. The van der Waals surface area contributed by atoms with Gasteiger partial charge in [0.15, 0.2) is 11.5 Å². The molecule has 5 heteroatoms. The number of aryl methyl sites for hydroxylation is 2. The lowest BCUT2D eigenvalue weighted by Crippen LogP contribution is -2.24. The summed E-state index contributed by atoms with van der Waals surface area (Å²) in [5.41, 5.74) is 4.67. The third kappa shape index (κ3) is 3.52. The number of fused-ring (bicyclic) bond motifs is 1. The summed E-state index contributed by atoms with van der Waals surface area (Å²) in [6, 6.07) is 9.38. The van der Waals surface area contributed by atoms with E-state index in [0.717, 1.165) is 35.4 Å². The van der Waals surface area contributed by atoms with Gasteiger partial charge in [-0.2, -0.15) is 0 Å². The van der Waals surface area contributed by atoms with Crippen LogP contribution in [-0.4, -0.2) is 27.2 Å². The minimum absolute atomic E-state index is 0.140. The van der Waals surface area contributed by atoms with E-state index >= 15 is 0 Å². The summed E-state index contributed by atoms with van der Waals surface area (Å²) >= 11 is 0. The monoisotopic (exact) mass is 353 g/mol. The maximum Gasteiger partial charge on any atom is 0.255 e. The molecule has 0 heterocycles. The van der Waals surface area contributed by atoms with E-state index in [9.17, 15) is 4.79 Å². The first-order valence-corrected chi connectivity index (χ1v) is 8.47. The van der Waals surface area contributed by atoms with Crippen molar-refractivity contribution in [2.45, 2.75) is 19.8 Å². The van der Waals surface area contributed by atoms with Gasteiger partial charge in [-0.15, -0.1) is 0 Å². The molecule has 0 fully saturated rings. The second-order valence-corrected chi connectivity index (χ2v) is 6.21. The maximum absolute atomic E-state index is 12.6. The second-order valence-electron chi connectivity index (χ2n) is 6.21. The van der Waals surface area contributed by atoms with Crippen molar-refractivity contribution in [3.05, 3.63) is 58.3 Å². The summed E-state index contributed by atoms with van der Waals surface area (Å²) < 4.78 is 16.0. The van der Waals surface area contributed by atoms with Crippen LogP contribution in [0.4, 0.5) is 0 Å². The van der Waals surface area contributed by atoms with Crippen molar-refractivity contribution < 1.29 is 19.0 Å². The first-order chi connectivity index (χ1) is 12.5. The molecule has 1 N–H and O–H groups in total. The largest absolute Gasteiger partial charge is 0.496 e. The third-order valence-corrected chi connectivity index (χ3v) is 4.58. The molecule has 2 aromatic rings. The topological polar surface area (TPSA) is 56.8 Å². The van der Waals surface area contributed by atoms with Gasteiger partial charge in [0.05, 0.1) is 21.3 Å². The van der Waals surface area contributed by atoms with E-state index < -0.39 is 0 Å². The van der Waals surface area contributed by atoms with Gasteiger partial charge < -0.3 is 19.5 Å². The molecule has 0 spiro atoms. The number of ether oxygens (including phenoxy) is 3. The zero-order chi connectivity index (χ0) is 18.7. The van der Waals surface area contributed by atoms with Gasteiger partial charge in [-0.25, -0.2) is 0 Å². The van der Waals surface area contributed by atoms with E-state index in [0.29, 0.717) is 17.1 Å². The minimum Gasteiger partial charge on any atom is -0.496 e. The van der Waals surface area contributed by atoms with Gasteiger partial charge in [-0.1, -0.05) is 6.07 Å². The molecule has 0 aliphatic heterocycles. The maximum atomic E-state index is 12.6. The van der Waals surface area contributed by atoms with Gasteiger partial charge in [0.2, 0.25) is 0 Å². The van der Waals surface area contributed by atoms with Crippen molar-refractivity contribution in [1.82, 2.24) is 5.32 Å². The zero-order valence-electron chi connectivity index (χ0n) is 15.5. The molecule has 0 saturated carbocycles. The van der Waals surface area contributed by atoms with Crippen molar-refractivity contribution in [3.8, 4) is 17.2 Å². The van der Waals surface area contributed by atoms with Crippen molar-refractivity contribution >= 4 is 12.0 Å². The Morgan fingerprint density at radius 1 is 0.923 bits per heavy atom. The van der Waals surface area contributed by atoms with Gasteiger partial charge in [-0.05, 0) is 66.8 Å². The number of rotatable bonds is 5. The second kappa shape index (κ2) is 7.52. The van der Waals surface area contributed by atoms with Crippen LogP contribution in [0.3, 0.4) is 0 Å². The molecule has 1 aliphatic rings. The molecule has 2 aromatic carbocycles. The van der Waals surface area contributed by atoms with E-state index in [-0.39, 0.29) is 5.91 Å². The molecule has 3 rings (SSSR count). The molecule has 136 valence electrons. The highest BCUT2D eigenvalue weighted by atomic mass is 16.5. The molecule has 0 unspecified atom stereocenters. The van der Waals surface area contributed by atoms with Crippen LogP contribution in [0.5, 0.6) is 17.2 Å². The van der Waals surface area contributed by atoms with Crippen LogP contribution in [0.15, 0.2) is 36.0 Å². The van der Waals surface area contributed by atoms with Gasteiger partial charge in [0, 0.05) is 11.3 Å². The first-order valence-electron chi connectivity index (χ1n) is 8.47. The van der Waals surface area contributed by atoms with Crippen LogP contribution in [0.25, 0.3) is 6.08 Å². The van der Waals surface area contributed by atoms with Crippen LogP contribution >= 0.6 is 0 Å². The number of hydrogen-bond acceptors (Lipinski definition) is 4. The predicted octanol–water partition coefficient (Wildman–Crippen LogP) is 3.74. The molecule has 1 aliphatic carbocycles. The Hall–Kier alpha value is -2.95. The third-order valence-electron chi connectivity index (χ3n) is 4.58. The number of nitrogens with one attached hydrogen (secondary N) is 1. The number of amides is 1. The zero-order valence-corrected chi connectivity index (χ0v) is 15.5. The molecule has 0 atom stereocenters. The standard InChI is InChI=1S/C21H23NO4/c1-13-5-6-15(11-18(13)24-2)21(23)22-17-8-7-14-10-19(25-3)20(26-4)12-16(14)9-17/h5-6,9-12H,7-8H2,1-4H3,(H,22,23). The van der Waals surface area contributed by atoms with Gasteiger partial charge in [0.25, 0.3) is 5.91 Å². The van der Waals surface area contributed by atoms with Crippen LogP contribution in [0, 0.1) is 6.92 Å². The Balaban J connectivity index is 1.83. The van der Waals surface area contributed by atoms with Crippen molar-refractivity contribution in [1.29, 1.82) is 0 Å². The number of allylic oxidation sites excluding steroid dienone is 1. The van der Waals surface area contributed by atoms with Crippen molar-refractivity contribution in [2.24, 2.45) is 0 Å². The molecule has 1 amide bonds. The average molecular weight is 353 g/mol. The van der Waals surface area contributed by atoms with Gasteiger partial charge in [0.1, 0.15) is 5.75 Å². The molecule has 26 heavy (non-hydrogen) atoms. The number of hydrogen-bond donors (Lipinski definition) is 1. The lowest BCUT2D eigenvalue weighted by molar-refractivity contribution is 0.0964. The molecular weight excluding hydrogens is 330 g/mol. The summed E-state index contributed by atoms with van der Waals surface area (Å²) in [5.74, 6) is 1.97. The highest BCUT2D eigenvalue weighted by Crippen LogP contribution is 2.34. The van der Waals surface area contributed by atoms with Crippen molar-refractivity contribution in [2.75, 3.05) is 21.3 Å². The Labute approximate surface area is 153 Å². The van der Waals surface area contributed by atoms with Gasteiger partial charge >= 0.3 is 0 Å². The number of carbonyl (C=O) groups excluding carboxylic acids is 1. The fraction of sp³-hybridized carbons (Fsp3) is 0.286. The van der Waals surface area contributed by atoms with Gasteiger partial charge in [-0.3, -0.25) is 4.79 Å². The number of methoxy groups -OCH3 is 3. The molecule has 5 nitrogen and oxygen atoms in total. The summed E-state index contributed by atoms with van der Waals surface area (Å²) in [4.78, 5) is 12.6. The van der Waals surface area contributed by atoms with E-state index in [1.165, 1.54) is 5.56 Å². The Bertz CT molecular complexity index is 871. The van der Waals surface area contributed by atoms with E-state index in [4.69, 9.17) is 14.2 Å². The quantitative estimate of drug-likeness (QED) is 0.890. The van der Waals surface area contributed by atoms with Crippen LogP contribution in [0.2, 0.25) is 0 Å². The molecular formula is C21H23NO4. The SMILES string of the molecule is COc1cc(C(=O)NC2=Cc3cc(OC)c(OC)cc3CC2)ccc1C. The summed E-state index contributed by atoms with van der Waals surface area (Å²) in [6.45, 7) is 1.95. The number of carbonyl (C=O) groups is 1. The molecule has 0 aromatic heterocycles. The average Bonchev–Trinajstić information content (AvgIpc) is 2.67. The minimum atomic E-state index is -0.140. The molecule has 0 radical (unpaired) electrons. The van der Waals surface area contributed by atoms with E-state index in [1.54, 1.807) is 33.5 Å². The van der Waals surface area contributed by atoms with E-state index in [2.05, 4.69) is 5.32 Å². The van der Waals surface area contributed by atoms with Crippen LogP contribution in [0.1, 0.15) is 33.5 Å². The fourth-order valence-corrected chi connectivity index (χ4v) is 3.09. The van der Waals surface area contributed by atoms with Crippen molar-refractivity contribution in [3.63, 3.8) is 0 Å². The fourth-order valence-electron chi connectivity index (χ4n) is 3.09. The Morgan fingerprint density at radius 2 is 1.62 bits per heavy atom. The van der Waals surface area contributed by atoms with E-state index in [1.807, 2.05) is 31.2 Å². The normalized spacial score (nSPS) is 12.7. The lowest BCUT2D eigenvalue weighted by Gasteiger charge is -2.19. The number of benzene rings is 2. The Kier molecular flexibility index (Phi) is 5.16. The molecule has 0 bridgehead atoms. The van der Waals surface area contributed by atoms with Crippen LogP contribution < -0.4 is 19.5 Å². The highest BCUT2D eigenvalue weighted by Gasteiger charge is 2.17. The smallest absolute Gasteiger partial charge is 0.255 e. The first kappa shape index (κ1) is 17.9. The molecule has 0 saturated heterocycles. The summed E-state index contributed by atoms with van der Waals surface area (Å²) in [7, 11) is 4.85. The summed E-state index contributed by atoms with van der Waals surface area (Å²) in [6.07, 6.45) is 3.58. The van der Waals surface area contributed by atoms with Crippen LogP contribution in [-0.2, 0) is 6.42 Å². The summed E-state index contributed by atoms with van der Waals surface area (Å²) in [5, 5.41) is 3.01. The highest BCUT2D eigenvalue weighted by molar-refractivity contribution is 5.96. The Morgan fingerprint density at radius 3 is 2.31 bits per heavy atom. The predicted molar refractivity (Wildman–Crippen MR) is 101 cm³/mol.